The lowest BCUT2D eigenvalue weighted by Crippen LogP contribution is -2.33. The maximum Gasteiger partial charge on any atom is 0.229 e. The number of fused-ring (bicyclic) bond motifs is 1. The molecule has 2 aromatic carbocycles. The molecule has 0 radical (unpaired) electrons. The third kappa shape index (κ3) is 6.59. The average Bonchev–Trinajstić information content (AvgIpc) is 3.09. The molecule has 0 aliphatic rings. The lowest BCUT2D eigenvalue weighted by Gasteiger charge is -2.21. The number of aromatic nitrogens is 1. The van der Waals surface area contributed by atoms with Crippen molar-refractivity contribution in [3.63, 3.8) is 0 Å². The van der Waals surface area contributed by atoms with Gasteiger partial charge in [-0.25, -0.2) is 4.98 Å². The highest BCUT2D eigenvalue weighted by Gasteiger charge is 2.19. The molecule has 0 bridgehead atoms. The number of thioether (sulfide) groups is 1. The predicted octanol–water partition coefficient (Wildman–Crippen LogP) is 6.07. The van der Waals surface area contributed by atoms with Gasteiger partial charge < -0.3 is 4.90 Å². The van der Waals surface area contributed by atoms with Gasteiger partial charge in [0.2, 0.25) is 5.91 Å². The largest absolute Gasteiger partial charge is 0.309 e. The zero-order valence-corrected chi connectivity index (χ0v) is 19.5. The van der Waals surface area contributed by atoms with Gasteiger partial charge in [-0.1, -0.05) is 34.5 Å². The molecule has 1 aromatic heterocycles. The number of thiazole rings is 1. The normalized spacial score (nSPS) is 11.3. The molecular formula is C21H23Cl2N3OS2. The Morgan fingerprint density at radius 3 is 2.52 bits per heavy atom. The van der Waals surface area contributed by atoms with Crippen LogP contribution >= 0.6 is 46.3 Å². The Morgan fingerprint density at radius 1 is 1.07 bits per heavy atom. The summed E-state index contributed by atoms with van der Waals surface area (Å²) in [6.45, 7) is 1.57. The fourth-order valence-corrected chi connectivity index (χ4v) is 5.05. The van der Waals surface area contributed by atoms with Crippen LogP contribution in [0.15, 0.2) is 47.4 Å². The number of benzene rings is 2. The van der Waals surface area contributed by atoms with Crippen LogP contribution in [0.25, 0.3) is 10.2 Å². The predicted molar refractivity (Wildman–Crippen MR) is 127 cm³/mol. The molecule has 0 aliphatic heterocycles. The van der Waals surface area contributed by atoms with Crippen LogP contribution < -0.4 is 4.90 Å². The van der Waals surface area contributed by atoms with Crippen LogP contribution in [0.1, 0.15) is 12.8 Å². The molecule has 0 saturated heterocycles. The standard InChI is InChI=1S/C21H23Cl2N3OS2/c1-25(2)11-3-12-26(21-24-18-9-6-16(23)14-19(18)29-21)20(27)10-13-28-17-7-4-15(22)5-8-17/h4-9,14H,3,10-13H2,1-2H3. The molecule has 0 saturated carbocycles. The summed E-state index contributed by atoms with van der Waals surface area (Å²) in [5.41, 5.74) is 0.871. The lowest BCUT2D eigenvalue weighted by atomic mass is 10.3. The lowest BCUT2D eigenvalue weighted by molar-refractivity contribution is -0.118. The maximum absolute atomic E-state index is 13.0. The van der Waals surface area contributed by atoms with Gasteiger partial charge in [-0.2, -0.15) is 0 Å². The van der Waals surface area contributed by atoms with Gasteiger partial charge in [-0.3, -0.25) is 9.69 Å². The first-order valence-electron chi connectivity index (χ1n) is 9.32. The SMILES string of the molecule is CN(C)CCCN(C(=O)CCSc1ccc(Cl)cc1)c1nc2ccc(Cl)cc2s1. The number of nitrogens with zero attached hydrogens (tertiary/aromatic N) is 3. The number of amides is 1. The van der Waals surface area contributed by atoms with E-state index in [1.54, 1.807) is 11.8 Å². The Labute approximate surface area is 189 Å². The summed E-state index contributed by atoms with van der Waals surface area (Å²) < 4.78 is 0.994. The Kier molecular flexibility index (Phi) is 8.21. The van der Waals surface area contributed by atoms with Gasteiger partial charge >= 0.3 is 0 Å². The number of hydrogen-bond donors (Lipinski definition) is 0. The fraction of sp³-hybridized carbons (Fsp3) is 0.333. The first-order valence-corrected chi connectivity index (χ1v) is 11.9. The number of rotatable bonds is 9. The van der Waals surface area contributed by atoms with E-state index < -0.39 is 0 Å². The van der Waals surface area contributed by atoms with E-state index in [2.05, 4.69) is 9.88 Å². The minimum atomic E-state index is 0.0929. The molecule has 3 rings (SSSR count). The summed E-state index contributed by atoms with van der Waals surface area (Å²) >= 11 is 15.2. The molecule has 29 heavy (non-hydrogen) atoms. The van der Waals surface area contributed by atoms with E-state index in [-0.39, 0.29) is 5.91 Å². The minimum absolute atomic E-state index is 0.0929. The summed E-state index contributed by atoms with van der Waals surface area (Å²) in [5, 5.41) is 2.13. The van der Waals surface area contributed by atoms with Gasteiger partial charge in [0.05, 0.1) is 10.2 Å². The van der Waals surface area contributed by atoms with Crippen LogP contribution in [0.3, 0.4) is 0 Å². The second kappa shape index (κ2) is 10.6. The van der Waals surface area contributed by atoms with E-state index in [0.717, 1.165) is 33.2 Å². The second-order valence-electron chi connectivity index (χ2n) is 6.86. The number of carbonyl (C=O) groups excluding carboxylic acids is 1. The number of hydrogen-bond acceptors (Lipinski definition) is 5. The number of anilines is 1. The van der Waals surface area contributed by atoms with Gasteiger partial charge in [-0.05, 0) is 69.5 Å². The van der Waals surface area contributed by atoms with Crippen molar-refractivity contribution < 1.29 is 4.79 Å². The molecule has 4 nitrogen and oxygen atoms in total. The molecule has 0 fully saturated rings. The third-order valence-electron chi connectivity index (χ3n) is 4.26. The zero-order valence-electron chi connectivity index (χ0n) is 16.4. The summed E-state index contributed by atoms with van der Waals surface area (Å²) in [5.74, 6) is 0.803. The van der Waals surface area contributed by atoms with Crippen molar-refractivity contribution in [2.24, 2.45) is 0 Å². The van der Waals surface area contributed by atoms with E-state index in [1.165, 1.54) is 11.3 Å². The quantitative estimate of drug-likeness (QED) is 0.357. The Balaban J connectivity index is 1.69. The topological polar surface area (TPSA) is 36.4 Å². The van der Waals surface area contributed by atoms with Crippen molar-refractivity contribution in [1.29, 1.82) is 0 Å². The third-order valence-corrected chi connectivity index (χ3v) is 6.80. The van der Waals surface area contributed by atoms with Crippen LogP contribution in [-0.2, 0) is 4.79 Å². The average molecular weight is 468 g/mol. The van der Waals surface area contributed by atoms with Crippen molar-refractivity contribution in [3.05, 3.63) is 52.5 Å². The highest BCUT2D eigenvalue weighted by Crippen LogP contribution is 2.31. The molecule has 0 unspecified atom stereocenters. The van der Waals surface area contributed by atoms with Gasteiger partial charge in [0.15, 0.2) is 5.13 Å². The summed E-state index contributed by atoms with van der Waals surface area (Å²) in [4.78, 5) is 22.8. The molecule has 1 amide bonds. The number of halogens is 2. The Hall–Kier alpha value is -1.31. The van der Waals surface area contributed by atoms with Gasteiger partial charge in [0.25, 0.3) is 0 Å². The highest BCUT2D eigenvalue weighted by atomic mass is 35.5. The summed E-state index contributed by atoms with van der Waals surface area (Å²) in [7, 11) is 4.07. The molecule has 0 aliphatic carbocycles. The van der Waals surface area contributed by atoms with E-state index in [4.69, 9.17) is 23.2 Å². The first-order chi connectivity index (χ1) is 13.9. The molecule has 3 aromatic rings. The zero-order chi connectivity index (χ0) is 20.8. The van der Waals surface area contributed by atoms with Crippen LogP contribution in [0.5, 0.6) is 0 Å². The van der Waals surface area contributed by atoms with Gasteiger partial charge in [-0.15, -0.1) is 11.8 Å². The fourth-order valence-electron chi connectivity index (χ4n) is 2.80. The van der Waals surface area contributed by atoms with E-state index >= 15 is 0 Å². The molecule has 8 heteroatoms. The van der Waals surface area contributed by atoms with Crippen molar-refractivity contribution >= 4 is 67.6 Å². The van der Waals surface area contributed by atoms with Crippen molar-refractivity contribution in [2.75, 3.05) is 37.8 Å². The minimum Gasteiger partial charge on any atom is -0.309 e. The molecule has 154 valence electrons. The highest BCUT2D eigenvalue weighted by molar-refractivity contribution is 7.99. The monoisotopic (exact) mass is 467 g/mol. The Bertz CT molecular complexity index is 960. The van der Waals surface area contributed by atoms with Crippen LogP contribution in [-0.4, -0.2) is 48.7 Å². The van der Waals surface area contributed by atoms with Gasteiger partial charge in [0, 0.05) is 33.7 Å². The summed E-state index contributed by atoms with van der Waals surface area (Å²) in [6, 6.07) is 13.3. The molecule has 0 spiro atoms. The summed E-state index contributed by atoms with van der Waals surface area (Å²) in [6.07, 6.45) is 1.34. The molecule has 1 heterocycles. The number of carbonyl (C=O) groups is 1. The molecule has 0 atom stereocenters. The Morgan fingerprint density at radius 2 is 1.79 bits per heavy atom. The van der Waals surface area contributed by atoms with E-state index in [9.17, 15) is 4.79 Å². The van der Waals surface area contributed by atoms with Crippen LogP contribution in [0.4, 0.5) is 5.13 Å². The van der Waals surface area contributed by atoms with Crippen LogP contribution in [0, 0.1) is 0 Å². The van der Waals surface area contributed by atoms with Crippen molar-refractivity contribution in [3.8, 4) is 0 Å². The van der Waals surface area contributed by atoms with Crippen molar-refractivity contribution in [1.82, 2.24) is 9.88 Å². The van der Waals surface area contributed by atoms with Crippen molar-refractivity contribution in [2.45, 2.75) is 17.7 Å². The van der Waals surface area contributed by atoms with Crippen LogP contribution in [0.2, 0.25) is 10.0 Å². The smallest absolute Gasteiger partial charge is 0.229 e. The second-order valence-corrected chi connectivity index (χ2v) is 9.91. The van der Waals surface area contributed by atoms with Gasteiger partial charge in [0.1, 0.15) is 0 Å². The maximum atomic E-state index is 13.0. The molecular weight excluding hydrogens is 445 g/mol. The molecule has 0 N–H and O–H groups in total. The van der Waals surface area contributed by atoms with E-state index in [1.807, 2.05) is 61.5 Å². The first kappa shape index (κ1) is 22.4. The van der Waals surface area contributed by atoms with E-state index in [0.29, 0.717) is 28.8 Å².